The van der Waals surface area contributed by atoms with E-state index < -0.39 is 5.97 Å². The van der Waals surface area contributed by atoms with Gasteiger partial charge in [-0.15, -0.1) is 0 Å². The molecule has 0 aliphatic carbocycles. The van der Waals surface area contributed by atoms with Gasteiger partial charge in [-0.1, -0.05) is 70.4 Å². The lowest BCUT2D eigenvalue weighted by Gasteiger charge is -2.07. The molecule has 0 aromatic heterocycles. The molecule has 0 fully saturated rings. The third-order valence-corrected chi connectivity index (χ3v) is 5.02. The molecular weight excluding hydrogens is 394 g/mol. The van der Waals surface area contributed by atoms with Gasteiger partial charge in [0.2, 0.25) is 5.91 Å². The number of ether oxygens (including phenoxy) is 3. The van der Waals surface area contributed by atoms with Crippen LogP contribution in [0.5, 0.6) is 0 Å². The number of unbranched alkanes of at least 4 members (excludes halogenated alkanes) is 11. The molecule has 0 unspecified atom stereocenters. The van der Waals surface area contributed by atoms with Gasteiger partial charge < -0.3 is 19.5 Å². The second-order valence-corrected chi connectivity index (χ2v) is 7.94. The van der Waals surface area contributed by atoms with Crippen molar-refractivity contribution < 1.29 is 23.8 Å². The monoisotopic (exact) mass is 441 g/mol. The minimum Gasteiger partial charge on any atom is -0.462 e. The lowest BCUT2D eigenvalue weighted by Crippen LogP contribution is -2.31. The Bertz CT molecular complexity index is 440. The maximum absolute atomic E-state index is 11.8. The van der Waals surface area contributed by atoms with Crippen molar-refractivity contribution in [3.05, 3.63) is 12.2 Å². The summed E-state index contributed by atoms with van der Waals surface area (Å²) in [6.07, 6.45) is 21.2. The average molecular weight is 442 g/mol. The van der Waals surface area contributed by atoms with Crippen LogP contribution in [0.25, 0.3) is 0 Å². The quantitative estimate of drug-likeness (QED) is 0.131. The number of hydrogen-bond acceptors (Lipinski definition) is 5. The number of hydrogen-bond donors (Lipinski definition) is 1. The van der Waals surface area contributed by atoms with E-state index in [1.807, 2.05) is 0 Å². The van der Waals surface area contributed by atoms with Crippen LogP contribution in [0.4, 0.5) is 0 Å². The van der Waals surface area contributed by atoms with E-state index >= 15 is 0 Å². The summed E-state index contributed by atoms with van der Waals surface area (Å²) in [7, 11) is 1.60. The van der Waals surface area contributed by atoms with Gasteiger partial charge in [-0.05, 0) is 32.1 Å². The van der Waals surface area contributed by atoms with Gasteiger partial charge in [-0.2, -0.15) is 0 Å². The Kier molecular flexibility index (Phi) is 23.7. The average Bonchev–Trinajstić information content (AvgIpc) is 2.77. The van der Waals surface area contributed by atoms with Gasteiger partial charge in [0.25, 0.3) is 0 Å². The second-order valence-electron chi connectivity index (χ2n) is 7.94. The Morgan fingerprint density at radius 3 is 1.97 bits per heavy atom. The number of amides is 1. The normalized spacial score (nSPS) is 11.2. The highest BCUT2D eigenvalue weighted by Crippen LogP contribution is 2.09. The van der Waals surface area contributed by atoms with Gasteiger partial charge in [0.15, 0.2) is 0 Å². The first-order chi connectivity index (χ1) is 15.2. The lowest BCUT2D eigenvalue weighted by molar-refractivity contribution is -0.145. The maximum atomic E-state index is 11.8. The maximum Gasteiger partial charge on any atom is 0.325 e. The summed E-state index contributed by atoms with van der Waals surface area (Å²) in [4.78, 5) is 23.3. The van der Waals surface area contributed by atoms with E-state index in [9.17, 15) is 9.59 Å². The topological polar surface area (TPSA) is 73.9 Å². The molecule has 1 N–H and O–H groups in total. The van der Waals surface area contributed by atoms with Crippen molar-refractivity contribution in [2.24, 2.45) is 0 Å². The van der Waals surface area contributed by atoms with Crippen molar-refractivity contribution in [1.82, 2.24) is 5.32 Å². The van der Waals surface area contributed by atoms with E-state index in [0.29, 0.717) is 26.2 Å². The number of nitrogens with one attached hydrogen (secondary N) is 1. The van der Waals surface area contributed by atoms with Gasteiger partial charge in [0, 0.05) is 13.5 Å². The van der Waals surface area contributed by atoms with E-state index in [2.05, 4.69) is 24.4 Å². The molecule has 0 aliphatic heterocycles. The molecular formula is C25H47NO5. The summed E-state index contributed by atoms with van der Waals surface area (Å²) >= 11 is 0. The summed E-state index contributed by atoms with van der Waals surface area (Å²) in [5.41, 5.74) is 0. The predicted molar refractivity (Wildman–Crippen MR) is 126 cm³/mol. The van der Waals surface area contributed by atoms with Gasteiger partial charge in [0.05, 0.1) is 19.8 Å². The largest absolute Gasteiger partial charge is 0.462 e. The highest BCUT2D eigenvalue weighted by Gasteiger charge is 2.06. The molecule has 0 radical (unpaired) electrons. The highest BCUT2D eigenvalue weighted by atomic mass is 16.6. The Balaban J connectivity index is 3.33. The SMILES string of the molecule is CCCCCCCC/C=C\CCCCCCCC(=O)NCC(=O)OCCOCCOC. The van der Waals surface area contributed by atoms with E-state index in [0.717, 1.165) is 25.7 Å². The molecule has 0 bridgehead atoms. The fourth-order valence-electron chi connectivity index (χ4n) is 3.13. The predicted octanol–water partition coefficient (Wildman–Crippen LogP) is 5.35. The molecule has 0 heterocycles. The Morgan fingerprint density at radius 1 is 0.742 bits per heavy atom. The Hall–Kier alpha value is -1.40. The molecule has 0 aromatic rings. The van der Waals surface area contributed by atoms with Crippen LogP contribution in [-0.4, -0.2) is 52.0 Å². The molecule has 0 saturated carbocycles. The van der Waals surface area contributed by atoms with E-state index in [1.165, 1.54) is 57.8 Å². The van der Waals surface area contributed by atoms with Crippen molar-refractivity contribution in [3.63, 3.8) is 0 Å². The zero-order valence-electron chi connectivity index (χ0n) is 20.1. The first-order valence-electron chi connectivity index (χ1n) is 12.3. The molecule has 182 valence electrons. The highest BCUT2D eigenvalue weighted by molar-refractivity contribution is 5.81. The number of allylic oxidation sites excluding steroid dienone is 2. The Morgan fingerprint density at radius 2 is 1.32 bits per heavy atom. The Labute approximate surface area is 190 Å². The molecule has 0 aromatic carbocycles. The van der Waals surface area contributed by atoms with Crippen LogP contribution < -0.4 is 5.32 Å². The number of carbonyl (C=O) groups excluding carboxylic acids is 2. The summed E-state index contributed by atoms with van der Waals surface area (Å²) in [6, 6.07) is 0. The first kappa shape index (κ1) is 29.6. The fourth-order valence-corrected chi connectivity index (χ4v) is 3.13. The third kappa shape index (κ3) is 24.7. The number of rotatable bonds is 23. The van der Waals surface area contributed by atoms with E-state index in [4.69, 9.17) is 14.2 Å². The van der Waals surface area contributed by atoms with E-state index in [1.54, 1.807) is 7.11 Å². The molecule has 0 atom stereocenters. The molecule has 6 nitrogen and oxygen atoms in total. The van der Waals surface area contributed by atoms with Crippen molar-refractivity contribution >= 4 is 11.9 Å². The van der Waals surface area contributed by atoms with Crippen LogP contribution in [0.2, 0.25) is 0 Å². The molecule has 6 heteroatoms. The van der Waals surface area contributed by atoms with Crippen molar-refractivity contribution in [3.8, 4) is 0 Å². The van der Waals surface area contributed by atoms with Crippen LogP contribution in [0.1, 0.15) is 96.8 Å². The molecule has 0 rings (SSSR count). The summed E-state index contributed by atoms with van der Waals surface area (Å²) in [6.45, 7) is 3.68. The number of esters is 1. The standard InChI is InChI=1S/C25H47NO5/c1-3-4-5-6-7-8-9-10-11-12-13-14-15-16-17-18-24(27)26-23-25(28)31-22-21-30-20-19-29-2/h10-11H,3-9,12-23H2,1-2H3,(H,26,27)/b11-10-. The van der Waals surface area contributed by atoms with Gasteiger partial charge in [0.1, 0.15) is 13.2 Å². The van der Waals surface area contributed by atoms with Crippen LogP contribution in [-0.2, 0) is 23.8 Å². The number of carbonyl (C=O) groups is 2. The number of methoxy groups -OCH3 is 1. The van der Waals surface area contributed by atoms with Crippen LogP contribution in [0.15, 0.2) is 12.2 Å². The fraction of sp³-hybridized carbons (Fsp3) is 0.840. The van der Waals surface area contributed by atoms with Gasteiger partial charge in [-0.25, -0.2) is 0 Å². The van der Waals surface area contributed by atoms with Crippen LogP contribution in [0, 0.1) is 0 Å². The smallest absolute Gasteiger partial charge is 0.325 e. The van der Waals surface area contributed by atoms with Gasteiger partial charge in [-0.3, -0.25) is 9.59 Å². The third-order valence-electron chi connectivity index (χ3n) is 5.02. The minimum absolute atomic E-state index is 0.0814. The first-order valence-corrected chi connectivity index (χ1v) is 12.3. The summed E-state index contributed by atoms with van der Waals surface area (Å²) in [5, 5.41) is 2.61. The lowest BCUT2D eigenvalue weighted by atomic mass is 10.1. The molecule has 0 spiro atoms. The zero-order valence-corrected chi connectivity index (χ0v) is 20.1. The van der Waals surface area contributed by atoms with Crippen molar-refractivity contribution in [1.29, 1.82) is 0 Å². The molecule has 1 amide bonds. The van der Waals surface area contributed by atoms with Crippen molar-refractivity contribution in [2.75, 3.05) is 40.1 Å². The molecule has 0 saturated heterocycles. The second kappa shape index (κ2) is 24.9. The molecule has 0 aliphatic rings. The molecule has 31 heavy (non-hydrogen) atoms. The minimum atomic E-state index is -0.437. The van der Waals surface area contributed by atoms with Crippen molar-refractivity contribution in [2.45, 2.75) is 96.8 Å². The summed E-state index contributed by atoms with van der Waals surface area (Å²) < 4.78 is 15.0. The van der Waals surface area contributed by atoms with Crippen LogP contribution in [0.3, 0.4) is 0 Å². The van der Waals surface area contributed by atoms with Gasteiger partial charge >= 0.3 is 5.97 Å². The summed E-state index contributed by atoms with van der Waals surface area (Å²) in [5.74, 6) is -0.529. The zero-order chi connectivity index (χ0) is 22.8. The van der Waals surface area contributed by atoms with Crippen LogP contribution >= 0.6 is 0 Å². The van der Waals surface area contributed by atoms with E-state index in [-0.39, 0.29) is 19.1 Å².